The Hall–Kier alpha value is -0.950. The zero-order valence-corrected chi connectivity index (χ0v) is 7.10. The summed E-state index contributed by atoms with van der Waals surface area (Å²) in [5.74, 6) is 0. The third-order valence-corrected chi connectivity index (χ3v) is 1.63. The van der Waals surface area contributed by atoms with E-state index in [1.807, 2.05) is 31.2 Å². The molecule has 0 aliphatic carbocycles. The molecule has 0 amide bonds. The summed E-state index contributed by atoms with van der Waals surface area (Å²) in [6.45, 7) is 1.95. The first-order valence-corrected chi connectivity index (χ1v) is 3.79. The lowest BCUT2D eigenvalue weighted by molar-refractivity contribution is 1.63. The van der Waals surface area contributed by atoms with Crippen LogP contribution < -0.4 is 5.73 Å². The predicted octanol–water partition coefficient (Wildman–Crippen LogP) is 2.96. The molecule has 0 atom stereocenters. The Morgan fingerprint density at radius 1 is 1.45 bits per heavy atom. The summed E-state index contributed by atoms with van der Waals surface area (Å²) in [5, 5.41) is 0.677. The van der Waals surface area contributed by atoms with Gasteiger partial charge in [-0.1, -0.05) is 29.8 Å². The van der Waals surface area contributed by atoms with Crippen LogP contribution in [0.1, 0.15) is 12.5 Å². The van der Waals surface area contributed by atoms with Gasteiger partial charge in [0, 0.05) is 10.7 Å². The largest absolute Gasteiger partial charge is 0.398 e. The van der Waals surface area contributed by atoms with E-state index in [-0.39, 0.29) is 0 Å². The van der Waals surface area contributed by atoms with E-state index in [9.17, 15) is 0 Å². The molecule has 0 aliphatic rings. The minimum Gasteiger partial charge on any atom is -0.398 e. The number of nitrogens with two attached hydrogens (primary N) is 1. The first kappa shape index (κ1) is 8.15. The zero-order chi connectivity index (χ0) is 8.27. The molecule has 1 nitrogen and oxygen atoms in total. The van der Waals surface area contributed by atoms with Crippen molar-refractivity contribution >= 4 is 23.4 Å². The molecule has 2 N–H and O–H groups in total. The molecular weight excluding hydrogens is 158 g/mol. The number of allylic oxidation sites excluding steroid dienone is 1. The van der Waals surface area contributed by atoms with E-state index in [4.69, 9.17) is 17.3 Å². The maximum atomic E-state index is 5.71. The van der Waals surface area contributed by atoms with E-state index in [0.29, 0.717) is 5.02 Å². The number of nitrogen functional groups attached to an aromatic ring is 1. The van der Waals surface area contributed by atoms with Gasteiger partial charge in [0.1, 0.15) is 0 Å². The number of benzene rings is 1. The van der Waals surface area contributed by atoms with Crippen LogP contribution >= 0.6 is 11.6 Å². The summed E-state index contributed by atoms with van der Waals surface area (Å²) >= 11 is 5.71. The van der Waals surface area contributed by atoms with Crippen LogP contribution in [0.5, 0.6) is 0 Å². The molecule has 58 valence electrons. The molecule has 0 fully saturated rings. The fourth-order valence-electron chi connectivity index (χ4n) is 0.877. The Bertz CT molecular complexity index is 279. The second-order valence-corrected chi connectivity index (χ2v) is 2.71. The summed E-state index contributed by atoms with van der Waals surface area (Å²) in [6.07, 6.45) is 3.89. The Labute approximate surface area is 71.5 Å². The lowest BCUT2D eigenvalue weighted by atomic mass is 10.2. The van der Waals surface area contributed by atoms with Crippen molar-refractivity contribution in [2.45, 2.75) is 6.92 Å². The molecular formula is C9H10ClN. The number of hydrogen-bond acceptors (Lipinski definition) is 1. The Morgan fingerprint density at radius 2 is 2.18 bits per heavy atom. The fourth-order valence-corrected chi connectivity index (χ4v) is 1.06. The Kier molecular flexibility index (Phi) is 2.55. The van der Waals surface area contributed by atoms with Crippen LogP contribution in [0.15, 0.2) is 24.3 Å². The Balaban J connectivity index is 3.09. The van der Waals surface area contributed by atoms with Crippen LogP contribution in [0.2, 0.25) is 5.02 Å². The molecule has 0 saturated heterocycles. The number of rotatable bonds is 1. The molecule has 1 rings (SSSR count). The molecule has 0 saturated carbocycles. The van der Waals surface area contributed by atoms with E-state index in [0.717, 1.165) is 11.3 Å². The number of hydrogen-bond donors (Lipinski definition) is 1. The van der Waals surface area contributed by atoms with Crippen molar-refractivity contribution in [3.8, 4) is 0 Å². The normalized spacial score (nSPS) is 10.7. The number of halogens is 1. The monoisotopic (exact) mass is 167 g/mol. The van der Waals surface area contributed by atoms with Crippen molar-refractivity contribution in [3.63, 3.8) is 0 Å². The average molecular weight is 168 g/mol. The van der Waals surface area contributed by atoms with Gasteiger partial charge in [0.25, 0.3) is 0 Å². The first-order chi connectivity index (χ1) is 5.24. The van der Waals surface area contributed by atoms with Crippen LogP contribution in [-0.2, 0) is 0 Å². The third kappa shape index (κ3) is 1.99. The summed E-state index contributed by atoms with van der Waals surface area (Å²) in [4.78, 5) is 0. The third-order valence-electron chi connectivity index (χ3n) is 1.40. The van der Waals surface area contributed by atoms with E-state index < -0.39 is 0 Å². The van der Waals surface area contributed by atoms with Crippen LogP contribution in [0.25, 0.3) is 6.08 Å². The van der Waals surface area contributed by atoms with Crippen molar-refractivity contribution in [2.75, 3.05) is 5.73 Å². The van der Waals surface area contributed by atoms with Gasteiger partial charge in [0.05, 0.1) is 0 Å². The van der Waals surface area contributed by atoms with Crippen LogP contribution in [-0.4, -0.2) is 0 Å². The minimum atomic E-state index is 0.677. The molecule has 0 heterocycles. The topological polar surface area (TPSA) is 26.0 Å². The molecule has 0 bridgehead atoms. The molecule has 0 unspecified atom stereocenters. The summed E-state index contributed by atoms with van der Waals surface area (Å²) in [5.41, 5.74) is 7.40. The zero-order valence-electron chi connectivity index (χ0n) is 6.34. The van der Waals surface area contributed by atoms with Gasteiger partial charge in [-0.15, -0.1) is 0 Å². The highest BCUT2D eigenvalue weighted by Crippen LogP contribution is 2.18. The van der Waals surface area contributed by atoms with Crippen molar-refractivity contribution in [1.82, 2.24) is 0 Å². The van der Waals surface area contributed by atoms with Gasteiger partial charge in [0.15, 0.2) is 0 Å². The molecule has 11 heavy (non-hydrogen) atoms. The molecule has 0 aliphatic heterocycles. The van der Waals surface area contributed by atoms with Gasteiger partial charge in [-0.05, 0) is 24.6 Å². The van der Waals surface area contributed by atoms with Crippen LogP contribution in [0.4, 0.5) is 5.69 Å². The molecule has 0 spiro atoms. The van der Waals surface area contributed by atoms with Crippen molar-refractivity contribution < 1.29 is 0 Å². The van der Waals surface area contributed by atoms with E-state index in [2.05, 4.69) is 0 Å². The van der Waals surface area contributed by atoms with Gasteiger partial charge in [-0.3, -0.25) is 0 Å². The fraction of sp³-hybridized carbons (Fsp3) is 0.111. The lowest BCUT2D eigenvalue weighted by Gasteiger charge is -1.99. The molecule has 0 aromatic heterocycles. The average Bonchev–Trinajstić information content (AvgIpc) is 1.95. The van der Waals surface area contributed by atoms with Crippen molar-refractivity contribution in [2.24, 2.45) is 0 Å². The van der Waals surface area contributed by atoms with Crippen molar-refractivity contribution in [3.05, 3.63) is 34.9 Å². The predicted molar refractivity (Wildman–Crippen MR) is 50.6 cm³/mol. The van der Waals surface area contributed by atoms with Crippen molar-refractivity contribution in [1.29, 1.82) is 0 Å². The standard InChI is InChI=1S/C9H10ClN/c1-2-3-7-4-5-8(10)6-9(7)11/h2-6H,11H2,1H3/b3-2+. The Morgan fingerprint density at radius 3 is 2.73 bits per heavy atom. The van der Waals surface area contributed by atoms with E-state index in [1.54, 1.807) is 6.07 Å². The highest BCUT2D eigenvalue weighted by Gasteiger charge is 1.94. The minimum absolute atomic E-state index is 0.677. The first-order valence-electron chi connectivity index (χ1n) is 3.42. The van der Waals surface area contributed by atoms with Gasteiger partial charge in [0.2, 0.25) is 0 Å². The van der Waals surface area contributed by atoms with Gasteiger partial charge in [-0.25, -0.2) is 0 Å². The van der Waals surface area contributed by atoms with E-state index in [1.165, 1.54) is 0 Å². The van der Waals surface area contributed by atoms with Gasteiger partial charge >= 0.3 is 0 Å². The maximum absolute atomic E-state index is 5.71. The van der Waals surface area contributed by atoms with Crippen LogP contribution in [0.3, 0.4) is 0 Å². The molecule has 0 radical (unpaired) electrons. The highest BCUT2D eigenvalue weighted by molar-refractivity contribution is 6.30. The van der Waals surface area contributed by atoms with Crippen LogP contribution in [0, 0.1) is 0 Å². The van der Waals surface area contributed by atoms with E-state index >= 15 is 0 Å². The lowest BCUT2D eigenvalue weighted by Crippen LogP contribution is -1.87. The second kappa shape index (κ2) is 3.44. The van der Waals surface area contributed by atoms with Gasteiger partial charge < -0.3 is 5.73 Å². The summed E-state index contributed by atoms with van der Waals surface area (Å²) < 4.78 is 0. The summed E-state index contributed by atoms with van der Waals surface area (Å²) in [6, 6.07) is 5.47. The summed E-state index contributed by atoms with van der Waals surface area (Å²) in [7, 11) is 0. The number of anilines is 1. The molecule has 2 heteroatoms. The highest BCUT2D eigenvalue weighted by atomic mass is 35.5. The maximum Gasteiger partial charge on any atom is 0.0426 e. The molecule has 1 aromatic carbocycles. The molecule has 1 aromatic rings. The second-order valence-electron chi connectivity index (χ2n) is 2.27. The smallest absolute Gasteiger partial charge is 0.0426 e. The van der Waals surface area contributed by atoms with Gasteiger partial charge in [-0.2, -0.15) is 0 Å². The quantitative estimate of drug-likeness (QED) is 0.640. The SMILES string of the molecule is C/C=C/c1ccc(Cl)cc1N.